The van der Waals surface area contributed by atoms with E-state index in [0.29, 0.717) is 12.6 Å². The van der Waals surface area contributed by atoms with Gasteiger partial charge in [-0.3, -0.25) is 0 Å². The Bertz CT molecular complexity index is 604. The van der Waals surface area contributed by atoms with Crippen LogP contribution in [0.25, 0.3) is 0 Å². The molecule has 1 saturated heterocycles. The molecule has 2 aliphatic rings. The molecule has 7 heteroatoms. The zero-order valence-electron chi connectivity index (χ0n) is 17.4. The predicted molar refractivity (Wildman–Crippen MR) is 115 cm³/mol. The van der Waals surface area contributed by atoms with Crippen LogP contribution in [0.3, 0.4) is 0 Å². The van der Waals surface area contributed by atoms with Gasteiger partial charge in [0.2, 0.25) is 0 Å². The molecule has 2 heterocycles. The highest BCUT2D eigenvalue weighted by Gasteiger charge is 2.20. The van der Waals surface area contributed by atoms with E-state index in [4.69, 9.17) is 4.99 Å². The number of aliphatic hydroxyl groups excluding tert-OH is 1. The molecule has 1 aliphatic carbocycles. The van der Waals surface area contributed by atoms with Crippen molar-refractivity contribution in [2.45, 2.75) is 58.2 Å². The van der Waals surface area contributed by atoms with E-state index in [1.165, 1.54) is 0 Å². The molecule has 28 heavy (non-hydrogen) atoms. The van der Waals surface area contributed by atoms with Crippen LogP contribution in [0.2, 0.25) is 0 Å². The minimum atomic E-state index is -0.132. The fraction of sp³-hybridized carbons (Fsp3) is 0.714. The number of pyridine rings is 1. The number of nitrogens with zero attached hydrogens (tertiary/aromatic N) is 4. The number of anilines is 1. The van der Waals surface area contributed by atoms with Gasteiger partial charge in [-0.15, -0.1) is 0 Å². The summed E-state index contributed by atoms with van der Waals surface area (Å²) < 4.78 is 0. The maximum Gasteiger partial charge on any atom is 0.191 e. The molecule has 0 amide bonds. The van der Waals surface area contributed by atoms with E-state index in [9.17, 15) is 5.11 Å². The number of aliphatic hydroxyl groups is 1. The third-order valence-corrected chi connectivity index (χ3v) is 5.75. The molecule has 0 bridgehead atoms. The number of piperazine rings is 1. The molecule has 0 spiro atoms. The molecule has 7 nitrogen and oxygen atoms in total. The summed E-state index contributed by atoms with van der Waals surface area (Å²) in [6, 6.07) is 4.65. The van der Waals surface area contributed by atoms with Crippen molar-refractivity contribution in [1.29, 1.82) is 0 Å². The highest BCUT2D eigenvalue weighted by Crippen LogP contribution is 2.18. The Balaban J connectivity index is 1.52. The van der Waals surface area contributed by atoms with Crippen LogP contribution in [0.15, 0.2) is 23.3 Å². The lowest BCUT2D eigenvalue weighted by molar-refractivity contribution is 0.120. The second kappa shape index (κ2) is 10.6. The van der Waals surface area contributed by atoms with Gasteiger partial charge in [0.25, 0.3) is 0 Å². The van der Waals surface area contributed by atoms with Crippen LogP contribution in [-0.2, 0) is 6.54 Å². The second-order valence-electron chi connectivity index (χ2n) is 7.79. The van der Waals surface area contributed by atoms with Gasteiger partial charge in [-0.05, 0) is 50.8 Å². The van der Waals surface area contributed by atoms with E-state index in [1.807, 2.05) is 6.20 Å². The Hall–Kier alpha value is -1.86. The first-order valence-corrected chi connectivity index (χ1v) is 10.8. The number of hydrogen-bond acceptors (Lipinski definition) is 5. The predicted octanol–water partition coefficient (Wildman–Crippen LogP) is 1.58. The quantitative estimate of drug-likeness (QED) is 0.507. The molecule has 1 saturated carbocycles. The third kappa shape index (κ3) is 6.07. The molecule has 0 radical (unpaired) electrons. The average Bonchev–Trinajstić information content (AvgIpc) is 2.74. The standard InChI is InChI=1S/C21H36N6O/c1-3-22-21(25-18-6-8-19(28)9-7-18)24-16-17-5-10-20(23-15-17)27-13-11-26(4-2)12-14-27/h5,10,15,18-19,28H,3-4,6-9,11-14,16H2,1-2H3,(H2,22,24,25). The Morgan fingerprint density at radius 3 is 2.50 bits per heavy atom. The summed E-state index contributed by atoms with van der Waals surface area (Å²) in [7, 11) is 0. The number of nitrogens with one attached hydrogen (secondary N) is 2. The van der Waals surface area contributed by atoms with E-state index >= 15 is 0 Å². The molecule has 0 atom stereocenters. The van der Waals surface area contributed by atoms with Crippen LogP contribution in [0, 0.1) is 0 Å². The summed E-state index contributed by atoms with van der Waals surface area (Å²) in [5.74, 6) is 1.91. The first-order valence-electron chi connectivity index (χ1n) is 10.8. The Labute approximate surface area is 169 Å². The number of rotatable bonds is 6. The first kappa shape index (κ1) is 20.9. The minimum Gasteiger partial charge on any atom is -0.393 e. The minimum absolute atomic E-state index is 0.132. The highest BCUT2D eigenvalue weighted by atomic mass is 16.3. The van der Waals surface area contributed by atoms with E-state index in [1.54, 1.807) is 0 Å². The Kier molecular flexibility index (Phi) is 7.91. The summed E-state index contributed by atoms with van der Waals surface area (Å²) in [5, 5.41) is 16.5. The third-order valence-electron chi connectivity index (χ3n) is 5.75. The zero-order chi connectivity index (χ0) is 19.8. The maximum absolute atomic E-state index is 9.67. The molecule has 156 valence electrons. The highest BCUT2D eigenvalue weighted by molar-refractivity contribution is 5.80. The molecule has 1 aromatic heterocycles. The van der Waals surface area contributed by atoms with E-state index in [2.05, 4.69) is 51.4 Å². The van der Waals surface area contributed by atoms with Gasteiger partial charge in [0, 0.05) is 45.0 Å². The van der Waals surface area contributed by atoms with Crippen molar-refractivity contribution in [3.8, 4) is 0 Å². The second-order valence-corrected chi connectivity index (χ2v) is 7.79. The normalized spacial score (nSPS) is 24.2. The number of aliphatic imine (C=N–C) groups is 1. The van der Waals surface area contributed by atoms with Gasteiger partial charge in [0.15, 0.2) is 5.96 Å². The van der Waals surface area contributed by atoms with E-state index in [0.717, 1.165) is 82.3 Å². The first-order chi connectivity index (χ1) is 13.7. The molecule has 0 aromatic carbocycles. The van der Waals surface area contributed by atoms with E-state index < -0.39 is 0 Å². The van der Waals surface area contributed by atoms with Crippen molar-refractivity contribution in [2.75, 3.05) is 44.2 Å². The summed E-state index contributed by atoms with van der Waals surface area (Å²) >= 11 is 0. The van der Waals surface area contributed by atoms with Gasteiger partial charge < -0.3 is 25.5 Å². The van der Waals surface area contributed by atoms with Crippen LogP contribution in [0.1, 0.15) is 45.1 Å². The van der Waals surface area contributed by atoms with Crippen molar-refractivity contribution < 1.29 is 5.11 Å². The van der Waals surface area contributed by atoms with Gasteiger partial charge in [-0.2, -0.15) is 0 Å². The van der Waals surface area contributed by atoms with Crippen molar-refractivity contribution >= 4 is 11.8 Å². The SMILES string of the molecule is CCNC(=NCc1ccc(N2CCN(CC)CC2)nc1)NC1CCC(O)CC1. The van der Waals surface area contributed by atoms with Gasteiger partial charge in [-0.1, -0.05) is 13.0 Å². The summed E-state index contributed by atoms with van der Waals surface area (Å²) in [4.78, 5) is 14.2. The molecule has 1 aliphatic heterocycles. The van der Waals surface area contributed by atoms with Gasteiger partial charge in [0.05, 0.1) is 12.6 Å². The lowest BCUT2D eigenvalue weighted by Crippen LogP contribution is -2.46. The van der Waals surface area contributed by atoms with Gasteiger partial charge >= 0.3 is 0 Å². The monoisotopic (exact) mass is 388 g/mol. The van der Waals surface area contributed by atoms with Crippen molar-refractivity contribution in [2.24, 2.45) is 4.99 Å². The molecular formula is C21H36N6O. The van der Waals surface area contributed by atoms with Crippen LogP contribution in [0.5, 0.6) is 0 Å². The lowest BCUT2D eigenvalue weighted by atomic mass is 9.93. The number of guanidine groups is 1. The van der Waals surface area contributed by atoms with Gasteiger partial charge in [0.1, 0.15) is 5.82 Å². The van der Waals surface area contributed by atoms with Gasteiger partial charge in [-0.25, -0.2) is 9.98 Å². The zero-order valence-corrected chi connectivity index (χ0v) is 17.4. The number of likely N-dealkylation sites (N-methyl/N-ethyl adjacent to an activating group) is 1. The molecule has 1 aromatic rings. The van der Waals surface area contributed by atoms with E-state index in [-0.39, 0.29) is 6.10 Å². The lowest BCUT2D eigenvalue weighted by Gasteiger charge is -2.34. The fourth-order valence-corrected chi connectivity index (χ4v) is 3.89. The summed E-state index contributed by atoms with van der Waals surface area (Å²) in [6.45, 7) is 11.2. The van der Waals surface area contributed by atoms with Crippen LogP contribution >= 0.6 is 0 Å². The molecule has 3 N–H and O–H groups in total. The van der Waals surface area contributed by atoms with Crippen molar-refractivity contribution in [3.05, 3.63) is 23.9 Å². The fourth-order valence-electron chi connectivity index (χ4n) is 3.89. The molecule has 2 fully saturated rings. The Morgan fingerprint density at radius 2 is 1.89 bits per heavy atom. The van der Waals surface area contributed by atoms with Crippen LogP contribution < -0.4 is 15.5 Å². The molecule has 0 unspecified atom stereocenters. The topological polar surface area (TPSA) is 76.0 Å². The smallest absolute Gasteiger partial charge is 0.191 e. The number of hydrogen-bond donors (Lipinski definition) is 3. The van der Waals surface area contributed by atoms with Crippen LogP contribution in [-0.4, -0.2) is 72.4 Å². The number of aromatic nitrogens is 1. The van der Waals surface area contributed by atoms with Crippen molar-refractivity contribution in [1.82, 2.24) is 20.5 Å². The summed E-state index contributed by atoms with van der Waals surface area (Å²) in [6.07, 6.45) is 5.54. The largest absolute Gasteiger partial charge is 0.393 e. The van der Waals surface area contributed by atoms with Crippen molar-refractivity contribution in [3.63, 3.8) is 0 Å². The average molecular weight is 389 g/mol. The maximum atomic E-state index is 9.67. The molecule has 3 rings (SSSR count). The molecular weight excluding hydrogens is 352 g/mol. The van der Waals surface area contributed by atoms with Crippen LogP contribution in [0.4, 0.5) is 5.82 Å². The Morgan fingerprint density at radius 1 is 1.14 bits per heavy atom. The summed E-state index contributed by atoms with van der Waals surface area (Å²) in [5.41, 5.74) is 1.12.